The average molecular weight is 170 g/mol. The highest BCUT2D eigenvalue weighted by atomic mass is 15.1. The molecule has 1 nitrogen and oxygen atoms in total. The lowest BCUT2D eigenvalue weighted by atomic mass is 10.1. The van der Waals surface area contributed by atoms with Crippen LogP contribution in [0.15, 0.2) is 18.2 Å². The Hall–Kier alpha value is -1.70. The van der Waals surface area contributed by atoms with Gasteiger partial charge in [0.25, 0.3) is 0 Å². The molecule has 0 aliphatic heterocycles. The SMILES string of the molecule is C#Cc1ccc([NH+](C)C)cc1C#C. The molecule has 0 radical (unpaired) electrons. The van der Waals surface area contributed by atoms with Gasteiger partial charge in [-0.3, -0.25) is 0 Å². The highest BCUT2D eigenvalue weighted by Crippen LogP contribution is 2.10. The topological polar surface area (TPSA) is 4.44 Å². The minimum absolute atomic E-state index is 0.785. The van der Waals surface area contributed by atoms with Crippen LogP contribution >= 0.6 is 0 Å². The van der Waals surface area contributed by atoms with E-state index in [9.17, 15) is 0 Å². The van der Waals surface area contributed by atoms with E-state index in [2.05, 4.69) is 11.8 Å². The molecule has 64 valence electrons. The Morgan fingerprint density at radius 1 is 1.08 bits per heavy atom. The van der Waals surface area contributed by atoms with Crippen molar-refractivity contribution in [1.82, 2.24) is 0 Å². The van der Waals surface area contributed by atoms with Gasteiger partial charge >= 0.3 is 0 Å². The summed E-state index contributed by atoms with van der Waals surface area (Å²) in [5.41, 5.74) is 2.72. The van der Waals surface area contributed by atoms with Crippen molar-refractivity contribution < 1.29 is 4.90 Å². The third-order valence-corrected chi connectivity index (χ3v) is 1.91. The maximum absolute atomic E-state index is 5.34. The number of rotatable bonds is 1. The molecule has 1 N–H and O–H groups in total. The second-order valence-corrected chi connectivity index (χ2v) is 3.05. The van der Waals surface area contributed by atoms with Crippen LogP contribution in [0.3, 0.4) is 0 Å². The number of hydrogen-bond acceptors (Lipinski definition) is 0. The fraction of sp³-hybridized carbons (Fsp3) is 0.167. The van der Waals surface area contributed by atoms with Gasteiger partial charge in [0, 0.05) is 23.3 Å². The molecule has 13 heavy (non-hydrogen) atoms. The first kappa shape index (κ1) is 9.39. The van der Waals surface area contributed by atoms with Crippen LogP contribution < -0.4 is 4.90 Å². The molecule has 0 aliphatic carbocycles. The quantitative estimate of drug-likeness (QED) is 0.583. The first-order chi connectivity index (χ1) is 6.19. The Morgan fingerprint density at radius 2 is 1.69 bits per heavy atom. The van der Waals surface area contributed by atoms with E-state index in [0.717, 1.165) is 16.8 Å². The van der Waals surface area contributed by atoms with Gasteiger partial charge in [-0.1, -0.05) is 11.8 Å². The van der Waals surface area contributed by atoms with Crippen LogP contribution in [0.5, 0.6) is 0 Å². The lowest BCUT2D eigenvalue weighted by Gasteiger charge is -2.07. The summed E-state index contributed by atoms with van der Waals surface area (Å²) in [6.07, 6.45) is 10.6. The second-order valence-electron chi connectivity index (χ2n) is 3.05. The van der Waals surface area contributed by atoms with E-state index in [-0.39, 0.29) is 0 Å². The van der Waals surface area contributed by atoms with E-state index in [1.807, 2.05) is 32.3 Å². The molecule has 0 heterocycles. The molecule has 0 saturated heterocycles. The normalized spacial score (nSPS) is 9.31. The fourth-order valence-corrected chi connectivity index (χ4v) is 1.10. The van der Waals surface area contributed by atoms with E-state index < -0.39 is 0 Å². The predicted molar refractivity (Wildman–Crippen MR) is 54.8 cm³/mol. The summed E-state index contributed by atoms with van der Waals surface area (Å²) in [7, 11) is 4.09. The van der Waals surface area contributed by atoms with Gasteiger partial charge in [0.2, 0.25) is 0 Å². The first-order valence-electron chi connectivity index (χ1n) is 4.07. The van der Waals surface area contributed by atoms with Crippen LogP contribution in [0.1, 0.15) is 11.1 Å². The van der Waals surface area contributed by atoms with Crippen molar-refractivity contribution in [2.75, 3.05) is 14.1 Å². The highest BCUT2D eigenvalue weighted by molar-refractivity contribution is 5.53. The molecule has 1 aromatic rings. The van der Waals surface area contributed by atoms with Crippen LogP contribution in [0, 0.1) is 24.7 Å². The summed E-state index contributed by atoms with van der Waals surface area (Å²) < 4.78 is 0. The zero-order valence-corrected chi connectivity index (χ0v) is 7.89. The molecule has 0 aromatic heterocycles. The summed E-state index contributed by atoms with van der Waals surface area (Å²) in [4.78, 5) is 1.24. The van der Waals surface area contributed by atoms with Gasteiger partial charge in [0.05, 0.1) is 14.1 Å². The largest absolute Gasteiger partial charge is 0.307 e. The summed E-state index contributed by atoms with van der Waals surface area (Å²) in [6.45, 7) is 0. The standard InChI is InChI=1S/C12H11N/c1-5-10-7-8-12(13(3)4)9-11(10)6-2/h1-2,7-9H,3-4H3/p+1. The van der Waals surface area contributed by atoms with Gasteiger partial charge in [-0.15, -0.1) is 12.8 Å². The molecule has 0 amide bonds. The third kappa shape index (κ3) is 1.90. The molecule has 1 rings (SSSR count). The monoisotopic (exact) mass is 170 g/mol. The van der Waals surface area contributed by atoms with E-state index in [4.69, 9.17) is 12.8 Å². The smallest absolute Gasteiger partial charge is 0.132 e. The van der Waals surface area contributed by atoms with Gasteiger partial charge in [0.1, 0.15) is 5.69 Å². The molecule has 0 bridgehead atoms. The number of benzene rings is 1. The number of hydrogen-bond donors (Lipinski definition) is 1. The van der Waals surface area contributed by atoms with Gasteiger partial charge < -0.3 is 4.90 Å². The summed E-state index contributed by atoms with van der Waals surface area (Å²) in [5, 5.41) is 0. The fourth-order valence-electron chi connectivity index (χ4n) is 1.10. The average Bonchev–Trinajstić information content (AvgIpc) is 2.16. The van der Waals surface area contributed by atoms with Gasteiger partial charge in [-0.2, -0.15) is 0 Å². The van der Waals surface area contributed by atoms with E-state index in [0.29, 0.717) is 0 Å². The van der Waals surface area contributed by atoms with Gasteiger partial charge in [0.15, 0.2) is 0 Å². The molecule has 0 saturated carbocycles. The molecule has 1 heteroatoms. The van der Waals surface area contributed by atoms with Gasteiger partial charge in [-0.25, -0.2) is 0 Å². The molecule has 0 atom stereocenters. The minimum atomic E-state index is 0.785. The summed E-state index contributed by atoms with van der Waals surface area (Å²) >= 11 is 0. The molecule has 0 unspecified atom stereocenters. The Labute approximate surface area is 79.4 Å². The maximum atomic E-state index is 5.34. The molecule has 1 aromatic carbocycles. The van der Waals surface area contributed by atoms with Crippen LogP contribution in [-0.4, -0.2) is 14.1 Å². The van der Waals surface area contributed by atoms with Crippen LogP contribution in [0.4, 0.5) is 5.69 Å². The molecular weight excluding hydrogens is 158 g/mol. The summed E-state index contributed by atoms with van der Waals surface area (Å²) in [6, 6.07) is 5.83. The van der Waals surface area contributed by atoms with Crippen molar-refractivity contribution >= 4 is 5.69 Å². The lowest BCUT2D eigenvalue weighted by Crippen LogP contribution is -3.00. The van der Waals surface area contributed by atoms with Crippen molar-refractivity contribution in [3.05, 3.63) is 29.3 Å². The van der Waals surface area contributed by atoms with Crippen LogP contribution in [0.25, 0.3) is 0 Å². The van der Waals surface area contributed by atoms with Crippen molar-refractivity contribution in [2.24, 2.45) is 0 Å². The Balaban J connectivity index is 3.25. The zero-order chi connectivity index (χ0) is 9.84. The van der Waals surface area contributed by atoms with Gasteiger partial charge in [-0.05, 0) is 6.07 Å². The Morgan fingerprint density at radius 3 is 2.15 bits per heavy atom. The van der Waals surface area contributed by atoms with Crippen LogP contribution in [-0.2, 0) is 0 Å². The first-order valence-corrected chi connectivity index (χ1v) is 4.07. The van der Waals surface area contributed by atoms with E-state index in [1.54, 1.807) is 0 Å². The van der Waals surface area contributed by atoms with Crippen molar-refractivity contribution in [1.29, 1.82) is 0 Å². The van der Waals surface area contributed by atoms with E-state index >= 15 is 0 Å². The number of quaternary nitrogens is 1. The summed E-state index contributed by atoms with van der Waals surface area (Å²) in [5.74, 6) is 5.15. The van der Waals surface area contributed by atoms with Crippen molar-refractivity contribution in [3.63, 3.8) is 0 Å². The molecule has 0 aliphatic rings. The molecular formula is C12H12N+. The zero-order valence-electron chi connectivity index (χ0n) is 7.89. The second kappa shape index (κ2) is 3.81. The Kier molecular flexibility index (Phi) is 2.75. The van der Waals surface area contributed by atoms with Crippen molar-refractivity contribution in [3.8, 4) is 24.7 Å². The highest BCUT2D eigenvalue weighted by Gasteiger charge is 2.03. The van der Waals surface area contributed by atoms with Crippen molar-refractivity contribution in [2.45, 2.75) is 0 Å². The lowest BCUT2D eigenvalue weighted by molar-refractivity contribution is -0.786. The van der Waals surface area contributed by atoms with E-state index in [1.165, 1.54) is 4.90 Å². The predicted octanol–water partition coefficient (Wildman–Crippen LogP) is 0.425. The number of nitrogens with one attached hydrogen (secondary N) is 1. The molecule has 0 spiro atoms. The maximum Gasteiger partial charge on any atom is 0.132 e. The van der Waals surface area contributed by atoms with Crippen LogP contribution in [0.2, 0.25) is 0 Å². The minimum Gasteiger partial charge on any atom is -0.307 e. The molecule has 0 fully saturated rings. The number of terminal acetylenes is 2. The third-order valence-electron chi connectivity index (χ3n) is 1.91. The Bertz CT molecular complexity index is 389.